The zero-order valence-corrected chi connectivity index (χ0v) is 12.1. The summed E-state index contributed by atoms with van der Waals surface area (Å²) in [7, 11) is 1.97. The summed E-state index contributed by atoms with van der Waals surface area (Å²) < 4.78 is 5.37. The highest BCUT2D eigenvalue weighted by Crippen LogP contribution is 2.36. The number of carbonyl (C=O) groups excluding carboxylic acids is 1. The molecule has 0 atom stereocenters. The number of aryl methyl sites for hydroxylation is 1. The van der Waals surface area contributed by atoms with Crippen LogP contribution in [0, 0.1) is 6.92 Å². The molecule has 110 valence electrons. The largest absolute Gasteiger partial charge is 0.339 e. The van der Waals surface area contributed by atoms with Crippen molar-refractivity contribution in [2.45, 2.75) is 31.7 Å². The number of nitrogens with zero attached hydrogens (tertiary/aromatic N) is 2. The Morgan fingerprint density at radius 1 is 1.38 bits per heavy atom. The van der Waals surface area contributed by atoms with E-state index in [1.54, 1.807) is 0 Å². The van der Waals surface area contributed by atoms with Gasteiger partial charge in [-0.25, -0.2) is 0 Å². The van der Waals surface area contributed by atoms with Gasteiger partial charge in [-0.05, 0) is 38.4 Å². The lowest BCUT2D eigenvalue weighted by atomic mass is 9.80. The lowest BCUT2D eigenvalue weighted by molar-refractivity contribution is -0.105. The fourth-order valence-electron chi connectivity index (χ4n) is 2.55. The van der Waals surface area contributed by atoms with Gasteiger partial charge in [-0.2, -0.15) is 4.98 Å². The van der Waals surface area contributed by atoms with Crippen LogP contribution in [0.4, 0.5) is 5.69 Å². The van der Waals surface area contributed by atoms with Gasteiger partial charge < -0.3 is 15.2 Å². The Labute approximate surface area is 122 Å². The average Bonchev–Trinajstić information content (AvgIpc) is 2.90. The maximum atomic E-state index is 10.6. The van der Waals surface area contributed by atoms with Gasteiger partial charge in [0, 0.05) is 23.2 Å². The molecule has 1 fully saturated rings. The van der Waals surface area contributed by atoms with E-state index < -0.39 is 0 Å². The van der Waals surface area contributed by atoms with Gasteiger partial charge in [0.2, 0.25) is 18.1 Å². The van der Waals surface area contributed by atoms with Crippen LogP contribution < -0.4 is 10.6 Å². The summed E-state index contributed by atoms with van der Waals surface area (Å²) >= 11 is 0. The molecule has 21 heavy (non-hydrogen) atoms. The quantitative estimate of drug-likeness (QED) is 0.823. The average molecular weight is 286 g/mol. The van der Waals surface area contributed by atoms with Crippen molar-refractivity contribution in [2.24, 2.45) is 0 Å². The van der Waals surface area contributed by atoms with Crippen LogP contribution in [-0.4, -0.2) is 29.6 Å². The minimum atomic E-state index is 0.349. The molecule has 1 aliphatic rings. The molecule has 6 nitrogen and oxygen atoms in total. The van der Waals surface area contributed by atoms with Gasteiger partial charge in [-0.1, -0.05) is 17.3 Å². The Balaban J connectivity index is 1.80. The van der Waals surface area contributed by atoms with Crippen LogP contribution in [0.15, 0.2) is 22.7 Å². The van der Waals surface area contributed by atoms with Crippen molar-refractivity contribution in [1.82, 2.24) is 15.5 Å². The van der Waals surface area contributed by atoms with Gasteiger partial charge in [0.15, 0.2) is 0 Å². The number of hydrogen-bond acceptors (Lipinski definition) is 5. The van der Waals surface area contributed by atoms with Crippen LogP contribution in [0.3, 0.4) is 0 Å². The SMILES string of the molecule is CNC1CC(c2nc(-c3ccc(C)c(NC=O)c3)no2)C1. The first-order valence-corrected chi connectivity index (χ1v) is 7.03. The first-order chi connectivity index (χ1) is 10.2. The molecular weight excluding hydrogens is 268 g/mol. The third-order valence-corrected chi connectivity index (χ3v) is 4.05. The molecule has 2 aromatic rings. The summed E-state index contributed by atoms with van der Waals surface area (Å²) in [4.78, 5) is 15.1. The predicted octanol–water partition coefficient (Wildman–Crippen LogP) is 2.08. The number of anilines is 1. The Bertz CT molecular complexity index is 647. The Morgan fingerprint density at radius 3 is 2.90 bits per heavy atom. The van der Waals surface area contributed by atoms with E-state index in [0.29, 0.717) is 30.1 Å². The van der Waals surface area contributed by atoms with E-state index in [-0.39, 0.29) is 0 Å². The van der Waals surface area contributed by atoms with E-state index in [4.69, 9.17) is 4.52 Å². The zero-order chi connectivity index (χ0) is 14.8. The van der Waals surface area contributed by atoms with Gasteiger partial charge in [0.05, 0.1) is 0 Å². The molecule has 3 rings (SSSR count). The molecule has 2 N–H and O–H groups in total. The molecule has 0 radical (unpaired) electrons. The summed E-state index contributed by atoms with van der Waals surface area (Å²) in [5.74, 6) is 1.61. The normalized spacial score (nSPS) is 20.9. The maximum absolute atomic E-state index is 10.6. The van der Waals surface area contributed by atoms with Crippen LogP contribution in [0.5, 0.6) is 0 Å². The van der Waals surface area contributed by atoms with E-state index >= 15 is 0 Å². The van der Waals surface area contributed by atoms with Gasteiger partial charge in [-0.3, -0.25) is 4.79 Å². The minimum absolute atomic E-state index is 0.349. The smallest absolute Gasteiger partial charge is 0.230 e. The summed E-state index contributed by atoms with van der Waals surface area (Å²) in [6.07, 6.45) is 2.73. The van der Waals surface area contributed by atoms with Gasteiger partial charge in [-0.15, -0.1) is 0 Å². The third-order valence-electron chi connectivity index (χ3n) is 4.05. The van der Waals surface area contributed by atoms with E-state index in [1.165, 1.54) is 0 Å². The van der Waals surface area contributed by atoms with E-state index in [2.05, 4.69) is 20.8 Å². The number of amides is 1. The monoisotopic (exact) mass is 286 g/mol. The highest BCUT2D eigenvalue weighted by Gasteiger charge is 2.33. The second-order valence-electron chi connectivity index (χ2n) is 5.40. The molecule has 0 spiro atoms. The molecule has 6 heteroatoms. The fourth-order valence-corrected chi connectivity index (χ4v) is 2.55. The summed E-state index contributed by atoms with van der Waals surface area (Å²) in [5.41, 5.74) is 2.59. The van der Waals surface area contributed by atoms with E-state index in [9.17, 15) is 4.79 Å². The Hall–Kier alpha value is -2.21. The third kappa shape index (κ3) is 2.67. The van der Waals surface area contributed by atoms with E-state index in [0.717, 1.165) is 29.7 Å². The lowest BCUT2D eigenvalue weighted by Gasteiger charge is -2.32. The molecule has 1 heterocycles. The molecule has 1 aromatic heterocycles. The van der Waals surface area contributed by atoms with Gasteiger partial charge >= 0.3 is 0 Å². The van der Waals surface area contributed by atoms with Crippen molar-refractivity contribution < 1.29 is 9.32 Å². The predicted molar refractivity (Wildman–Crippen MR) is 79.0 cm³/mol. The van der Waals surface area contributed by atoms with Crippen molar-refractivity contribution in [2.75, 3.05) is 12.4 Å². The number of carbonyl (C=O) groups is 1. The highest BCUT2D eigenvalue weighted by molar-refractivity contribution is 5.76. The molecule has 0 unspecified atom stereocenters. The zero-order valence-electron chi connectivity index (χ0n) is 12.1. The maximum Gasteiger partial charge on any atom is 0.230 e. The van der Waals surface area contributed by atoms with Crippen LogP contribution in [0.25, 0.3) is 11.4 Å². The molecule has 0 bridgehead atoms. The second-order valence-corrected chi connectivity index (χ2v) is 5.40. The minimum Gasteiger partial charge on any atom is -0.339 e. The van der Waals surface area contributed by atoms with Crippen LogP contribution in [0.1, 0.15) is 30.2 Å². The van der Waals surface area contributed by atoms with Crippen LogP contribution >= 0.6 is 0 Å². The fraction of sp³-hybridized carbons (Fsp3) is 0.400. The van der Waals surface area contributed by atoms with Crippen LogP contribution in [-0.2, 0) is 4.79 Å². The topological polar surface area (TPSA) is 80.0 Å². The molecule has 0 aliphatic heterocycles. The van der Waals surface area contributed by atoms with E-state index in [1.807, 2.05) is 32.2 Å². The Morgan fingerprint density at radius 2 is 2.19 bits per heavy atom. The summed E-state index contributed by atoms with van der Waals surface area (Å²) in [5, 5.41) is 9.96. The Kier molecular flexibility index (Phi) is 3.70. The highest BCUT2D eigenvalue weighted by atomic mass is 16.5. The summed E-state index contributed by atoms with van der Waals surface area (Å²) in [6.45, 7) is 1.93. The van der Waals surface area contributed by atoms with Crippen molar-refractivity contribution in [1.29, 1.82) is 0 Å². The molecule has 1 amide bonds. The number of nitrogens with one attached hydrogen (secondary N) is 2. The lowest BCUT2D eigenvalue weighted by Crippen LogP contribution is -2.37. The van der Waals surface area contributed by atoms with Gasteiger partial charge in [0.25, 0.3) is 0 Å². The first kappa shape index (κ1) is 13.8. The molecule has 1 aliphatic carbocycles. The first-order valence-electron chi connectivity index (χ1n) is 7.03. The van der Waals surface area contributed by atoms with Crippen molar-refractivity contribution in [3.8, 4) is 11.4 Å². The van der Waals surface area contributed by atoms with Crippen molar-refractivity contribution >= 4 is 12.1 Å². The standard InChI is InChI=1S/C15H18N4O2/c1-9-3-4-10(7-13(9)17-8-20)14-18-15(21-19-14)11-5-12(6-11)16-2/h3-4,7-8,11-12,16H,5-6H2,1-2H3,(H,17,20). The van der Waals surface area contributed by atoms with Crippen molar-refractivity contribution in [3.05, 3.63) is 29.7 Å². The molecule has 1 aromatic carbocycles. The molecule has 0 saturated heterocycles. The summed E-state index contributed by atoms with van der Waals surface area (Å²) in [6, 6.07) is 6.26. The van der Waals surface area contributed by atoms with Crippen LogP contribution in [0.2, 0.25) is 0 Å². The van der Waals surface area contributed by atoms with Crippen molar-refractivity contribution in [3.63, 3.8) is 0 Å². The number of rotatable bonds is 5. The molecule has 1 saturated carbocycles. The van der Waals surface area contributed by atoms with Gasteiger partial charge in [0.1, 0.15) is 0 Å². The number of hydrogen-bond donors (Lipinski definition) is 2. The number of aromatic nitrogens is 2. The second kappa shape index (κ2) is 5.65. The molecular formula is C15H18N4O2. The number of benzene rings is 1.